The summed E-state index contributed by atoms with van der Waals surface area (Å²) in [5.41, 5.74) is 0.191. The number of aryl methyl sites for hydroxylation is 1. The van der Waals surface area contributed by atoms with Gasteiger partial charge in [0.15, 0.2) is 0 Å². The van der Waals surface area contributed by atoms with Gasteiger partial charge in [-0.2, -0.15) is 13.2 Å². The van der Waals surface area contributed by atoms with E-state index in [0.29, 0.717) is 12.8 Å². The van der Waals surface area contributed by atoms with Gasteiger partial charge in [0.25, 0.3) is 5.97 Å². The van der Waals surface area contributed by atoms with Gasteiger partial charge in [-0.05, 0) is 24.5 Å². The van der Waals surface area contributed by atoms with Crippen molar-refractivity contribution in [2.24, 2.45) is 0 Å². The summed E-state index contributed by atoms with van der Waals surface area (Å²) >= 11 is 0. The van der Waals surface area contributed by atoms with Crippen LogP contribution in [-0.2, 0) is 12.6 Å². The van der Waals surface area contributed by atoms with Crippen molar-refractivity contribution >= 4 is 0 Å². The van der Waals surface area contributed by atoms with Crippen LogP contribution < -0.4 is 0 Å². The summed E-state index contributed by atoms with van der Waals surface area (Å²) in [4.78, 5) is 0. The Bertz CT molecular complexity index is 468. The first-order valence-electron chi connectivity index (χ1n) is 9.43. The Kier molecular flexibility index (Phi) is 12.6. The van der Waals surface area contributed by atoms with Crippen LogP contribution in [-0.4, -0.2) is 21.3 Å². The van der Waals surface area contributed by atoms with E-state index < -0.39 is 17.7 Å². The van der Waals surface area contributed by atoms with E-state index in [0.717, 1.165) is 30.9 Å². The molecule has 6 heteroatoms. The van der Waals surface area contributed by atoms with Gasteiger partial charge in [0.05, 0.1) is 5.56 Å². The maximum absolute atomic E-state index is 12.2. The third-order valence-corrected chi connectivity index (χ3v) is 3.91. The molecule has 152 valence electrons. The zero-order chi connectivity index (χ0) is 20.1. The van der Waals surface area contributed by atoms with Crippen molar-refractivity contribution in [1.82, 2.24) is 0 Å². The fourth-order valence-corrected chi connectivity index (χ4v) is 2.51. The maximum Gasteiger partial charge on any atom is 0.416 e. The molecule has 1 aromatic rings. The molecule has 1 rings (SSSR count). The van der Waals surface area contributed by atoms with E-state index in [1.54, 1.807) is 6.07 Å². The highest BCUT2D eigenvalue weighted by molar-refractivity contribution is 5.25. The van der Waals surface area contributed by atoms with Crippen LogP contribution in [0.3, 0.4) is 0 Å². The molecule has 0 bridgehead atoms. The molecule has 0 spiro atoms. The van der Waals surface area contributed by atoms with E-state index in [1.165, 1.54) is 37.8 Å². The molecule has 0 heterocycles. The summed E-state index contributed by atoms with van der Waals surface area (Å²) < 4.78 is 36.6. The Hall–Kier alpha value is -1.11. The maximum atomic E-state index is 12.2. The molecule has 0 saturated heterocycles. The molecule has 0 atom stereocenters. The van der Waals surface area contributed by atoms with Crippen molar-refractivity contribution in [3.63, 3.8) is 0 Å². The minimum absolute atomic E-state index is 0.0563. The number of hydrogen-bond acceptors (Lipinski definition) is 3. The van der Waals surface area contributed by atoms with Crippen LogP contribution in [0.1, 0.15) is 82.8 Å². The van der Waals surface area contributed by atoms with Gasteiger partial charge in [-0.1, -0.05) is 77.0 Å². The number of hydrogen-bond donors (Lipinski definition) is 3. The fraction of sp³-hybridized carbons (Fsp3) is 0.700. The van der Waals surface area contributed by atoms with Crippen LogP contribution in [0.25, 0.3) is 0 Å². The minimum Gasteiger partial charge on any atom is -0.344 e. The van der Waals surface area contributed by atoms with Crippen LogP contribution in [0, 0.1) is 0 Å². The number of unbranched alkanes of at least 4 members (excludes halogenated alkanes) is 6. The lowest BCUT2D eigenvalue weighted by molar-refractivity contribution is -0.315. The van der Waals surface area contributed by atoms with Gasteiger partial charge in [-0.25, -0.2) is 0 Å². The summed E-state index contributed by atoms with van der Waals surface area (Å²) in [6.45, 7) is 4.12. The van der Waals surface area contributed by atoms with E-state index in [9.17, 15) is 13.2 Å². The highest BCUT2D eigenvalue weighted by atomic mass is 19.4. The molecule has 0 radical (unpaired) electrons. The van der Waals surface area contributed by atoms with Crippen molar-refractivity contribution in [3.8, 4) is 0 Å². The fourth-order valence-electron chi connectivity index (χ4n) is 2.51. The Labute approximate surface area is 154 Å². The number of alkyl halides is 3. The van der Waals surface area contributed by atoms with Crippen LogP contribution in [0.15, 0.2) is 24.3 Å². The first-order valence-corrected chi connectivity index (χ1v) is 9.43. The largest absolute Gasteiger partial charge is 0.416 e. The molecule has 0 unspecified atom stereocenters. The smallest absolute Gasteiger partial charge is 0.344 e. The molecule has 3 nitrogen and oxygen atoms in total. The van der Waals surface area contributed by atoms with Crippen LogP contribution in [0.4, 0.5) is 13.2 Å². The molecule has 0 saturated carbocycles. The van der Waals surface area contributed by atoms with Gasteiger partial charge in [0.2, 0.25) is 0 Å². The van der Waals surface area contributed by atoms with E-state index in [4.69, 9.17) is 15.3 Å². The van der Waals surface area contributed by atoms with E-state index in [-0.39, 0.29) is 6.42 Å². The quantitative estimate of drug-likeness (QED) is 0.376. The SMILES string of the molecule is CCCCCCCCCC(O)(O)O.CCCc1cccc(C(F)(F)F)c1. The van der Waals surface area contributed by atoms with Crippen LogP contribution in [0.5, 0.6) is 0 Å². The first-order chi connectivity index (χ1) is 12.1. The monoisotopic (exact) mass is 378 g/mol. The summed E-state index contributed by atoms with van der Waals surface area (Å²) in [6, 6.07) is 5.48. The number of benzene rings is 1. The predicted octanol–water partition coefficient (Wildman–Crippen LogP) is 5.42. The standard InChI is InChI=1S/C10H11F3.C10H22O3/c1-2-4-8-5-3-6-9(7-8)10(11,12)13;1-2-3-4-5-6-7-8-9-10(11,12)13/h3,5-7H,2,4H2,1H3;11-13H,2-9H2,1H3. The summed E-state index contributed by atoms with van der Waals surface area (Å²) in [7, 11) is 0. The molecular weight excluding hydrogens is 345 g/mol. The van der Waals surface area contributed by atoms with Gasteiger partial charge in [0, 0.05) is 6.42 Å². The lowest BCUT2D eigenvalue weighted by Crippen LogP contribution is -2.26. The van der Waals surface area contributed by atoms with Gasteiger partial charge in [0.1, 0.15) is 0 Å². The normalized spacial score (nSPS) is 11.8. The lowest BCUT2D eigenvalue weighted by atomic mass is 10.1. The van der Waals surface area contributed by atoms with Crippen molar-refractivity contribution in [2.45, 2.75) is 90.2 Å². The zero-order valence-corrected chi connectivity index (χ0v) is 15.9. The van der Waals surface area contributed by atoms with Gasteiger partial charge in [-0.15, -0.1) is 0 Å². The van der Waals surface area contributed by atoms with E-state index in [2.05, 4.69) is 6.92 Å². The second kappa shape index (κ2) is 13.1. The van der Waals surface area contributed by atoms with Gasteiger partial charge >= 0.3 is 6.18 Å². The topological polar surface area (TPSA) is 60.7 Å². The summed E-state index contributed by atoms with van der Waals surface area (Å²) in [5, 5.41) is 25.7. The van der Waals surface area contributed by atoms with Crippen molar-refractivity contribution in [3.05, 3.63) is 35.4 Å². The lowest BCUT2D eigenvalue weighted by Gasteiger charge is -2.12. The van der Waals surface area contributed by atoms with E-state index in [1.807, 2.05) is 6.92 Å². The second-order valence-corrected chi connectivity index (χ2v) is 6.59. The average molecular weight is 378 g/mol. The molecule has 0 aliphatic heterocycles. The Balaban J connectivity index is 0.000000481. The molecule has 0 amide bonds. The van der Waals surface area contributed by atoms with Crippen LogP contribution in [0.2, 0.25) is 0 Å². The minimum atomic E-state index is -4.22. The third-order valence-electron chi connectivity index (χ3n) is 3.91. The molecule has 0 aliphatic carbocycles. The zero-order valence-electron chi connectivity index (χ0n) is 15.9. The van der Waals surface area contributed by atoms with Crippen molar-refractivity contribution in [1.29, 1.82) is 0 Å². The van der Waals surface area contributed by atoms with Gasteiger partial charge < -0.3 is 15.3 Å². The van der Waals surface area contributed by atoms with Gasteiger partial charge in [-0.3, -0.25) is 0 Å². The van der Waals surface area contributed by atoms with Crippen LogP contribution >= 0.6 is 0 Å². The summed E-state index contributed by atoms with van der Waals surface area (Å²) in [5.74, 6) is -2.45. The number of halogens is 3. The molecule has 0 aliphatic rings. The average Bonchev–Trinajstić information content (AvgIpc) is 2.53. The van der Waals surface area contributed by atoms with Crippen molar-refractivity contribution < 1.29 is 28.5 Å². The molecule has 3 N–H and O–H groups in total. The predicted molar refractivity (Wildman–Crippen MR) is 97.4 cm³/mol. The van der Waals surface area contributed by atoms with E-state index >= 15 is 0 Å². The highest BCUT2D eigenvalue weighted by Gasteiger charge is 2.30. The third kappa shape index (κ3) is 14.1. The molecule has 26 heavy (non-hydrogen) atoms. The molecule has 1 aromatic carbocycles. The number of rotatable bonds is 10. The summed E-state index contributed by atoms with van der Waals surface area (Å²) in [6.07, 6.45) is 5.16. The number of aliphatic hydroxyl groups is 3. The Morgan fingerprint density at radius 1 is 0.808 bits per heavy atom. The molecule has 0 fully saturated rings. The first kappa shape index (κ1) is 24.9. The second-order valence-electron chi connectivity index (χ2n) is 6.59. The Morgan fingerprint density at radius 3 is 1.88 bits per heavy atom. The van der Waals surface area contributed by atoms with Crippen molar-refractivity contribution in [2.75, 3.05) is 0 Å². The molecular formula is C20H33F3O3. The highest BCUT2D eigenvalue weighted by Crippen LogP contribution is 2.29. The molecule has 0 aromatic heterocycles. The Morgan fingerprint density at radius 2 is 1.38 bits per heavy atom.